The highest BCUT2D eigenvalue weighted by molar-refractivity contribution is 6.29. The van der Waals surface area contributed by atoms with Gasteiger partial charge in [0.05, 0.1) is 6.54 Å². The number of benzene rings is 1. The second-order valence-electron chi connectivity index (χ2n) is 5.43. The molecular formula is C17H13ClF2N4O. The zero-order chi connectivity index (χ0) is 18.0. The van der Waals surface area contributed by atoms with Crippen molar-refractivity contribution in [1.82, 2.24) is 19.7 Å². The molecule has 2 aromatic heterocycles. The second kappa shape index (κ2) is 6.70. The maximum absolute atomic E-state index is 14.4. The third-order valence-corrected chi connectivity index (χ3v) is 4.03. The Morgan fingerprint density at radius 1 is 1.28 bits per heavy atom. The van der Waals surface area contributed by atoms with Crippen molar-refractivity contribution in [3.63, 3.8) is 0 Å². The summed E-state index contributed by atoms with van der Waals surface area (Å²) >= 11 is 5.78. The predicted molar refractivity (Wildman–Crippen MR) is 88.6 cm³/mol. The van der Waals surface area contributed by atoms with E-state index in [9.17, 15) is 13.9 Å². The van der Waals surface area contributed by atoms with E-state index in [4.69, 9.17) is 11.6 Å². The van der Waals surface area contributed by atoms with E-state index in [1.807, 2.05) is 0 Å². The minimum Gasteiger partial charge on any atom is -0.378 e. The monoisotopic (exact) mass is 362 g/mol. The van der Waals surface area contributed by atoms with E-state index in [0.717, 1.165) is 6.07 Å². The van der Waals surface area contributed by atoms with Gasteiger partial charge in [-0.15, -0.1) is 0 Å². The van der Waals surface area contributed by atoms with Gasteiger partial charge in [0, 0.05) is 17.8 Å². The summed E-state index contributed by atoms with van der Waals surface area (Å²) in [5.41, 5.74) is -1.42. The van der Waals surface area contributed by atoms with Crippen molar-refractivity contribution >= 4 is 17.2 Å². The molecule has 0 spiro atoms. The number of hydrogen-bond donors (Lipinski definition) is 1. The van der Waals surface area contributed by atoms with Crippen LogP contribution in [0.1, 0.15) is 11.1 Å². The Balaban J connectivity index is 2.10. The molecule has 1 aromatic carbocycles. The lowest BCUT2D eigenvalue weighted by Gasteiger charge is -2.31. The van der Waals surface area contributed by atoms with Crippen LogP contribution < -0.4 is 0 Å². The van der Waals surface area contributed by atoms with Crippen molar-refractivity contribution in [2.75, 3.05) is 0 Å². The number of halogens is 3. The van der Waals surface area contributed by atoms with Gasteiger partial charge < -0.3 is 5.11 Å². The van der Waals surface area contributed by atoms with Crippen molar-refractivity contribution in [3.8, 4) is 0 Å². The number of pyridine rings is 1. The molecule has 0 saturated carbocycles. The van der Waals surface area contributed by atoms with Crippen molar-refractivity contribution in [2.45, 2.75) is 12.1 Å². The van der Waals surface area contributed by atoms with Crippen LogP contribution in [-0.2, 0) is 12.1 Å². The maximum Gasteiger partial charge on any atom is 0.137 e. The quantitative estimate of drug-likeness (QED) is 0.708. The van der Waals surface area contributed by atoms with Crippen molar-refractivity contribution in [2.24, 2.45) is 0 Å². The summed E-state index contributed by atoms with van der Waals surface area (Å²) in [4.78, 5) is 7.75. The predicted octanol–water partition coefficient (Wildman–Crippen LogP) is 3.21. The van der Waals surface area contributed by atoms with Gasteiger partial charge in [-0.3, -0.25) is 0 Å². The first-order valence-corrected chi connectivity index (χ1v) is 7.59. The molecule has 2 heterocycles. The van der Waals surface area contributed by atoms with E-state index < -0.39 is 17.2 Å². The lowest BCUT2D eigenvalue weighted by atomic mass is 9.83. The van der Waals surface area contributed by atoms with Gasteiger partial charge >= 0.3 is 0 Å². The van der Waals surface area contributed by atoms with Gasteiger partial charge in [0.25, 0.3) is 0 Å². The van der Waals surface area contributed by atoms with Gasteiger partial charge in [0.15, 0.2) is 0 Å². The summed E-state index contributed by atoms with van der Waals surface area (Å²) in [5.74, 6) is -1.64. The molecule has 0 radical (unpaired) electrons. The molecule has 8 heteroatoms. The van der Waals surface area contributed by atoms with Gasteiger partial charge in [0.2, 0.25) is 0 Å². The molecule has 0 amide bonds. The SMILES string of the molecule is C=C(c1ccc(Cl)nc1)[C@](O)(Cn1cncn1)c1ccc(F)cc1F. The van der Waals surface area contributed by atoms with Crippen molar-refractivity contribution in [3.05, 3.63) is 83.7 Å². The van der Waals surface area contributed by atoms with Gasteiger partial charge in [-0.05, 0) is 35.4 Å². The molecule has 0 unspecified atom stereocenters. The van der Waals surface area contributed by atoms with E-state index >= 15 is 0 Å². The molecule has 128 valence electrons. The average molecular weight is 363 g/mol. The van der Waals surface area contributed by atoms with Crippen LogP contribution in [0.25, 0.3) is 5.57 Å². The molecular weight excluding hydrogens is 350 g/mol. The van der Waals surface area contributed by atoms with Crippen LogP contribution in [0.5, 0.6) is 0 Å². The Hall–Kier alpha value is -2.64. The highest BCUT2D eigenvalue weighted by Gasteiger charge is 2.37. The van der Waals surface area contributed by atoms with E-state index in [2.05, 4.69) is 21.6 Å². The van der Waals surface area contributed by atoms with Crippen LogP contribution in [0.15, 0.2) is 55.8 Å². The van der Waals surface area contributed by atoms with Gasteiger partial charge in [-0.1, -0.05) is 18.2 Å². The van der Waals surface area contributed by atoms with Crippen molar-refractivity contribution < 1.29 is 13.9 Å². The largest absolute Gasteiger partial charge is 0.378 e. The molecule has 0 aliphatic carbocycles. The maximum atomic E-state index is 14.4. The Morgan fingerprint density at radius 2 is 2.08 bits per heavy atom. The van der Waals surface area contributed by atoms with Gasteiger partial charge in [-0.2, -0.15) is 5.10 Å². The fourth-order valence-electron chi connectivity index (χ4n) is 2.51. The number of nitrogens with zero attached hydrogens (tertiary/aromatic N) is 4. The summed E-state index contributed by atoms with van der Waals surface area (Å²) in [6.07, 6.45) is 4.08. The lowest BCUT2D eigenvalue weighted by Crippen LogP contribution is -2.34. The fraction of sp³-hybridized carbons (Fsp3) is 0.118. The van der Waals surface area contributed by atoms with Crippen LogP contribution >= 0.6 is 11.6 Å². The fourth-order valence-corrected chi connectivity index (χ4v) is 2.62. The molecule has 5 nitrogen and oxygen atoms in total. The molecule has 0 saturated heterocycles. The van der Waals surface area contributed by atoms with E-state index in [-0.39, 0.29) is 22.8 Å². The van der Waals surface area contributed by atoms with Crippen LogP contribution in [0.4, 0.5) is 8.78 Å². The average Bonchev–Trinajstić information content (AvgIpc) is 3.07. The Morgan fingerprint density at radius 3 is 2.68 bits per heavy atom. The molecule has 25 heavy (non-hydrogen) atoms. The number of aromatic nitrogens is 4. The normalized spacial score (nSPS) is 13.4. The number of aliphatic hydroxyl groups is 1. The van der Waals surface area contributed by atoms with Crippen molar-refractivity contribution in [1.29, 1.82) is 0 Å². The molecule has 1 N–H and O–H groups in total. The Kier molecular flexibility index (Phi) is 4.61. The van der Waals surface area contributed by atoms with Gasteiger partial charge in [-0.25, -0.2) is 23.4 Å². The molecule has 0 fully saturated rings. The van der Waals surface area contributed by atoms with Crippen LogP contribution in [-0.4, -0.2) is 24.9 Å². The topological polar surface area (TPSA) is 63.8 Å². The first kappa shape index (κ1) is 17.2. The third-order valence-electron chi connectivity index (χ3n) is 3.81. The summed E-state index contributed by atoms with van der Waals surface area (Å²) in [7, 11) is 0. The van der Waals surface area contributed by atoms with E-state index in [1.165, 1.54) is 35.7 Å². The van der Waals surface area contributed by atoms with Crippen LogP contribution in [0.2, 0.25) is 5.15 Å². The highest BCUT2D eigenvalue weighted by atomic mass is 35.5. The Labute approximate surface area is 147 Å². The standard InChI is InChI=1S/C17H13ClF2N4O/c1-11(12-2-5-16(18)22-7-12)17(25,8-24-10-21-9-23-24)14-4-3-13(19)6-15(14)20/h2-7,9-10,25H,1,8H2/t17-/m1/s1. The van der Waals surface area contributed by atoms with Crippen LogP contribution in [0, 0.1) is 11.6 Å². The molecule has 0 aliphatic rings. The lowest BCUT2D eigenvalue weighted by molar-refractivity contribution is 0.0726. The van der Waals surface area contributed by atoms with E-state index in [1.54, 1.807) is 6.07 Å². The molecule has 0 aliphatic heterocycles. The molecule has 3 rings (SSSR count). The zero-order valence-electron chi connectivity index (χ0n) is 12.9. The first-order chi connectivity index (χ1) is 11.9. The molecule has 0 bridgehead atoms. The number of hydrogen-bond acceptors (Lipinski definition) is 4. The molecule has 3 aromatic rings. The highest BCUT2D eigenvalue weighted by Crippen LogP contribution is 2.38. The summed E-state index contributed by atoms with van der Waals surface area (Å²) in [6.45, 7) is 3.72. The minimum absolute atomic E-state index is 0.135. The first-order valence-electron chi connectivity index (χ1n) is 7.22. The third kappa shape index (κ3) is 3.42. The van der Waals surface area contributed by atoms with Crippen LogP contribution in [0.3, 0.4) is 0 Å². The second-order valence-corrected chi connectivity index (χ2v) is 5.81. The minimum atomic E-state index is -1.90. The summed E-state index contributed by atoms with van der Waals surface area (Å²) < 4.78 is 29.0. The summed E-state index contributed by atoms with van der Waals surface area (Å²) in [6, 6.07) is 6.08. The zero-order valence-corrected chi connectivity index (χ0v) is 13.7. The smallest absolute Gasteiger partial charge is 0.137 e. The van der Waals surface area contributed by atoms with E-state index in [0.29, 0.717) is 11.6 Å². The number of rotatable bonds is 5. The molecule has 1 atom stereocenters. The van der Waals surface area contributed by atoms with Gasteiger partial charge in [0.1, 0.15) is 35.0 Å². The summed E-state index contributed by atoms with van der Waals surface area (Å²) in [5, 5.41) is 15.5. The Bertz CT molecular complexity index is 900.